The summed E-state index contributed by atoms with van der Waals surface area (Å²) in [4.78, 5) is 11.0. The highest BCUT2D eigenvalue weighted by atomic mass is 16.1. The lowest BCUT2D eigenvalue weighted by molar-refractivity contribution is -0.120. The summed E-state index contributed by atoms with van der Waals surface area (Å²) >= 11 is 0. The molecular weight excluding hydrogens is 150 g/mol. The Hall–Kier alpha value is -0.790. The van der Waals surface area contributed by atoms with Gasteiger partial charge in [0.25, 0.3) is 0 Å². The minimum absolute atomic E-state index is 0.147. The Morgan fingerprint density at radius 3 is 2.42 bits per heavy atom. The van der Waals surface area contributed by atoms with Crippen LogP contribution in [0.5, 0.6) is 0 Å². The summed E-state index contributed by atoms with van der Waals surface area (Å²) in [6, 6.07) is 0. The first-order chi connectivity index (χ1) is 5.61. The molecule has 0 radical (unpaired) electrons. The first-order valence-electron chi connectivity index (χ1n) is 4.53. The van der Waals surface area contributed by atoms with Gasteiger partial charge in [0.05, 0.1) is 0 Å². The van der Waals surface area contributed by atoms with Gasteiger partial charge in [0, 0.05) is 18.2 Å². The number of hydrogen-bond donors (Lipinski definition) is 1. The second kappa shape index (κ2) is 5.81. The van der Waals surface area contributed by atoms with Crippen LogP contribution in [-0.4, -0.2) is 12.3 Å². The lowest BCUT2D eigenvalue weighted by Crippen LogP contribution is -2.25. The molecule has 0 spiro atoms. The van der Waals surface area contributed by atoms with E-state index in [1.54, 1.807) is 6.92 Å². The highest BCUT2D eigenvalue weighted by Gasteiger charge is 2.10. The van der Waals surface area contributed by atoms with Crippen LogP contribution in [0.4, 0.5) is 0 Å². The molecule has 1 atom stereocenters. The van der Waals surface area contributed by atoms with E-state index in [-0.39, 0.29) is 11.7 Å². The fourth-order valence-electron chi connectivity index (χ4n) is 0.968. The number of ketones is 1. The SMILES string of the molecule is C=C(CC)NCC(CC)C(C)=O. The topological polar surface area (TPSA) is 29.1 Å². The zero-order valence-corrected chi connectivity index (χ0v) is 8.31. The molecule has 0 bridgehead atoms. The van der Waals surface area contributed by atoms with Crippen molar-refractivity contribution in [3.8, 4) is 0 Å². The van der Waals surface area contributed by atoms with Crippen molar-refractivity contribution in [1.82, 2.24) is 5.32 Å². The van der Waals surface area contributed by atoms with Gasteiger partial charge in [-0.25, -0.2) is 0 Å². The van der Waals surface area contributed by atoms with Crippen LogP contribution in [0.3, 0.4) is 0 Å². The Balaban J connectivity index is 3.73. The lowest BCUT2D eigenvalue weighted by Gasteiger charge is -2.13. The molecule has 2 heteroatoms. The fraction of sp³-hybridized carbons (Fsp3) is 0.700. The fourth-order valence-corrected chi connectivity index (χ4v) is 0.968. The summed E-state index contributed by atoms with van der Waals surface area (Å²) in [6.07, 6.45) is 1.83. The van der Waals surface area contributed by atoms with Crippen LogP contribution < -0.4 is 5.32 Å². The lowest BCUT2D eigenvalue weighted by atomic mass is 10.0. The van der Waals surface area contributed by atoms with Gasteiger partial charge in [-0.15, -0.1) is 0 Å². The molecule has 0 aromatic carbocycles. The molecule has 0 rings (SSSR count). The molecule has 12 heavy (non-hydrogen) atoms. The van der Waals surface area contributed by atoms with Gasteiger partial charge in [0.1, 0.15) is 5.78 Å². The molecule has 0 aliphatic carbocycles. The van der Waals surface area contributed by atoms with E-state index in [1.807, 2.05) is 13.8 Å². The molecule has 0 heterocycles. The van der Waals surface area contributed by atoms with Crippen molar-refractivity contribution in [2.75, 3.05) is 6.54 Å². The first-order valence-corrected chi connectivity index (χ1v) is 4.53. The van der Waals surface area contributed by atoms with E-state index in [1.165, 1.54) is 0 Å². The number of nitrogens with one attached hydrogen (secondary N) is 1. The number of allylic oxidation sites excluding steroid dienone is 1. The molecule has 0 aliphatic rings. The van der Waals surface area contributed by atoms with Crippen LogP contribution in [-0.2, 0) is 4.79 Å². The zero-order valence-electron chi connectivity index (χ0n) is 8.31. The van der Waals surface area contributed by atoms with Crippen molar-refractivity contribution < 1.29 is 4.79 Å². The van der Waals surface area contributed by atoms with Gasteiger partial charge >= 0.3 is 0 Å². The second-order valence-corrected chi connectivity index (χ2v) is 3.05. The number of carbonyl (C=O) groups is 1. The predicted molar refractivity (Wildman–Crippen MR) is 51.9 cm³/mol. The molecule has 0 saturated heterocycles. The maximum absolute atomic E-state index is 11.0. The van der Waals surface area contributed by atoms with Gasteiger partial charge in [-0.2, -0.15) is 0 Å². The third-order valence-corrected chi connectivity index (χ3v) is 2.09. The molecule has 1 N–H and O–H groups in total. The van der Waals surface area contributed by atoms with E-state index in [0.717, 1.165) is 25.1 Å². The number of rotatable bonds is 6. The van der Waals surface area contributed by atoms with E-state index < -0.39 is 0 Å². The van der Waals surface area contributed by atoms with Crippen molar-refractivity contribution in [1.29, 1.82) is 0 Å². The summed E-state index contributed by atoms with van der Waals surface area (Å²) in [7, 11) is 0. The standard InChI is InChI=1S/C10H19NO/c1-5-8(3)11-7-10(6-2)9(4)12/h10-11H,3,5-7H2,1-2,4H3. The minimum Gasteiger partial charge on any atom is -0.388 e. The first kappa shape index (κ1) is 11.2. The maximum atomic E-state index is 11.0. The highest BCUT2D eigenvalue weighted by Crippen LogP contribution is 2.03. The molecule has 70 valence electrons. The second-order valence-electron chi connectivity index (χ2n) is 3.05. The Morgan fingerprint density at radius 1 is 1.50 bits per heavy atom. The summed E-state index contributed by atoms with van der Waals surface area (Å²) in [6.45, 7) is 10.3. The molecule has 1 unspecified atom stereocenters. The van der Waals surface area contributed by atoms with Crippen LogP contribution >= 0.6 is 0 Å². The highest BCUT2D eigenvalue weighted by molar-refractivity contribution is 5.78. The molecule has 0 aromatic rings. The molecule has 0 fully saturated rings. The Labute approximate surface area is 75.0 Å². The Kier molecular flexibility index (Phi) is 5.43. The number of hydrogen-bond acceptors (Lipinski definition) is 2. The average molecular weight is 169 g/mol. The van der Waals surface area contributed by atoms with Crippen LogP contribution in [0.1, 0.15) is 33.6 Å². The minimum atomic E-state index is 0.147. The predicted octanol–water partition coefficient (Wildman–Crippen LogP) is 2.11. The van der Waals surface area contributed by atoms with Gasteiger partial charge in [0.15, 0.2) is 0 Å². The molecule has 0 saturated carbocycles. The molecule has 0 amide bonds. The quantitative estimate of drug-likeness (QED) is 0.660. The van der Waals surface area contributed by atoms with Crippen LogP contribution in [0.25, 0.3) is 0 Å². The van der Waals surface area contributed by atoms with Gasteiger partial charge in [0.2, 0.25) is 0 Å². The van der Waals surface area contributed by atoms with E-state index in [4.69, 9.17) is 0 Å². The Bertz CT molecular complexity index is 163. The Morgan fingerprint density at radius 2 is 2.08 bits per heavy atom. The summed E-state index contributed by atoms with van der Waals surface area (Å²) in [5.74, 6) is 0.405. The van der Waals surface area contributed by atoms with Crippen LogP contribution in [0.2, 0.25) is 0 Å². The normalized spacial score (nSPS) is 12.2. The average Bonchev–Trinajstić information content (AvgIpc) is 2.04. The van der Waals surface area contributed by atoms with Gasteiger partial charge in [-0.05, 0) is 19.8 Å². The van der Waals surface area contributed by atoms with Gasteiger partial charge in [-0.1, -0.05) is 20.4 Å². The van der Waals surface area contributed by atoms with Gasteiger partial charge < -0.3 is 5.32 Å². The number of carbonyl (C=O) groups excluding carboxylic acids is 1. The third-order valence-electron chi connectivity index (χ3n) is 2.09. The van der Waals surface area contributed by atoms with Crippen molar-refractivity contribution >= 4 is 5.78 Å². The van der Waals surface area contributed by atoms with Crippen molar-refractivity contribution in [2.24, 2.45) is 5.92 Å². The molecular formula is C10H19NO. The van der Waals surface area contributed by atoms with E-state index in [2.05, 4.69) is 11.9 Å². The number of Topliss-reactive ketones (excluding diaryl/α,β-unsaturated/α-hetero) is 1. The van der Waals surface area contributed by atoms with E-state index in [9.17, 15) is 4.79 Å². The molecule has 2 nitrogen and oxygen atoms in total. The van der Waals surface area contributed by atoms with Gasteiger partial charge in [-0.3, -0.25) is 4.79 Å². The summed E-state index contributed by atoms with van der Waals surface area (Å²) < 4.78 is 0. The largest absolute Gasteiger partial charge is 0.388 e. The monoisotopic (exact) mass is 169 g/mol. The smallest absolute Gasteiger partial charge is 0.134 e. The van der Waals surface area contributed by atoms with E-state index in [0.29, 0.717) is 0 Å². The third kappa shape index (κ3) is 4.16. The van der Waals surface area contributed by atoms with Crippen molar-refractivity contribution in [3.05, 3.63) is 12.3 Å². The molecule has 0 aliphatic heterocycles. The van der Waals surface area contributed by atoms with Crippen LogP contribution in [0, 0.1) is 5.92 Å². The summed E-state index contributed by atoms with van der Waals surface area (Å²) in [5, 5.41) is 3.15. The van der Waals surface area contributed by atoms with Crippen LogP contribution in [0.15, 0.2) is 12.3 Å². The van der Waals surface area contributed by atoms with Crippen molar-refractivity contribution in [3.63, 3.8) is 0 Å². The molecule has 0 aromatic heterocycles. The zero-order chi connectivity index (χ0) is 9.56. The maximum Gasteiger partial charge on any atom is 0.134 e. The van der Waals surface area contributed by atoms with Crippen molar-refractivity contribution in [2.45, 2.75) is 33.6 Å². The van der Waals surface area contributed by atoms with E-state index >= 15 is 0 Å². The summed E-state index contributed by atoms with van der Waals surface area (Å²) in [5.41, 5.74) is 1.01.